The van der Waals surface area contributed by atoms with Gasteiger partial charge in [0.15, 0.2) is 17.3 Å². The highest BCUT2D eigenvalue weighted by Gasteiger charge is 2.34. The maximum absolute atomic E-state index is 6.85. The van der Waals surface area contributed by atoms with Gasteiger partial charge in [-0.05, 0) is 53.6 Å². The van der Waals surface area contributed by atoms with Crippen molar-refractivity contribution >= 4 is 49.8 Å². The van der Waals surface area contributed by atoms with Crippen LogP contribution in [0.3, 0.4) is 0 Å². The molecule has 0 N–H and O–H groups in total. The van der Waals surface area contributed by atoms with Gasteiger partial charge in [0.05, 0.1) is 33.6 Å². The topological polar surface area (TPSA) is 43.2 Å². The molecule has 9 aromatic rings. The third kappa shape index (κ3) is 3.70. The highest BCUT2D eigenvalue weighted by atomic mass is 16.5. The Morgan fingerprint density at radius 1 is 0.449 bits per heavy atom. The van der Waals surface area contributed by atoms with Crippen LogP contribution < -0.4 is 9.64 Å². The average molecular weight is 627 g/mol. The van der Waals surface area contributed by atoms with E-state index >= 15 is 0 Å². The first-order valence-corrected chi connectivity index (χ1v) is 16.5. The van der Waals surface area contributed by atoms with Crippen LogP contribution in [0.5, 0.6) is 11.5 Å². The predicted octanol–water partition coefficient (Wildman–Crippen LogP) is 11.6. The van der Waals surface area contributed by atoms with Crippen molar-refractivity contribution in [3.05, 3.63) is 158 Å². The van der Waals surface area contributed by atoms with Gasteiger partial charge in [-0.15, -0.1) is 0 Å². The van der Waals surface area contributed by atoms with E-state index in [1.54, 1.807) is 0 Å². The number of hydrogen-bond acceptors (Lipinski definition) is 4. The zero-order valence-electron chi connectivity index (χ0n) is 26.2. The Morgan fingerprint density at radius 2 is 1.14 bits per heavy atom. The summed E-state index contributed by atoms with van der Waals surface area (Å²) in [5.74, 6) is 3.20. The Kier molecular flexibility index (Phi) is 5.32. The molecule has 0 saturated heterocycles. The first kappa shape index (κ1) is 26.4. The first-order valence-electron chi connectivity index (χ1n) is 16.5. The third-order valence-corrected chi connectivity index (χ3v) is 9.92. The molecule has 0 fully saturated rings. The number of benzene rings is 7. The van der Waals surface area contributed by atoms with Gasteiger partial charge in [0, 0.05) is 32.8 Å². The van der Waals surface area contributed by atoms with Crippen molar-refractivity contribution in [3.63, 3.8) is 0 Å². The van der Waals surface area contributed by atoms with E-state index in [1.807, 2.05) is 24.3 Å². The molecule has 0 aliphatic carbocycles. The lowest BCUT2D eigenvalue weighted by Gasteiger charge is -2.34. The molecule has 5 nitrogen and oxygen atoms in total. The molecule has 2 aliphatic heterocycles. The quantitative estimate of drug-likeness (QED) is 0.191. The lowest BCUT2D eigenvalue weighted by atomic mass is 9.94. The number of aromatic nitrogens is 3. The molecular weight excluding hydrogens is 601 g/mol. The summed E-state index contributed by atoms with van der Waals surface area (Å²) in [5.41, 5.74) is 11.9. The van der Waals surface area contributed by atoms with Gasteiger partial charge in [0.25, 0.3) is 0 Å². The zero-order chi connectivity index (χ0) is 32.1. The van der Waals surface area contributed by atoms with Crippen molar-refractivity contribution in [1.82, 2.24) is 14.5 Å². The molecule has 2 aromatic heterocycles. The van der Waals surface area contributed by atoms with Gasteiger partial charge >= 0.3 is 0 Å². The van der Waals surface area contributed by atoms with Crippen LogP contribution in [0.2, 0.25) is 0 Å². The summed E-state index contributed by atoms with van der Waals surface area (Å²) in [7, 11) is 0. The molecule has 0 bridgehead atoms. The molecule has 2 aliphatic rings. The molecule has 0 spiro atoms. The number of ether oxygens (including phenoxy) is 1. The maximum Gasteiger partial charge on any atom is 0.162 e. The fourth-order valence-electron chi connectivity index (χ4n) is 7.81. The number of anilines is 3. The van der Waals surface area contributed by atoms with Crippen LogP contribution in [0, 0.1) is 0 Å². The molecule has 0 amide bonds. The van der Waals surface area contributed by atoms with E-state index in [2.05, 4.69) is 143 Å². The summed E-state index contributed by atoms with van der Waals surface area (Å²) >= 11 is 0. The molecule has 4 heterocycles. The van der Waals surface area contributed by atoms with Crippen LogP contribution in [0.1, 0.15) is 0 Å². The van der Waals surface area contributed by atoms with Gasteiger partial charge in [-0.25, -0.2) is 9.97 Å². The van der Waals surface area contributed by atoms with E-state index in [9.17, 15) is 0 Å². The van der Waals surface area contributed by atoms with Crippen LogP contribution in [0.15, 0.2) is 158 Å². The fraction of sp³-hybridized carbons (Fsp3) is 0. The fourth-order valence-corrected chi connectivity index (χ4v) is 7.81. The molecule has 0 radical (unpaired) electrons. The Balaban J connectivity index is 1.25. The molecule has 228 valence electrons. The van der Waals surface area contributed by atoms with Crippen LogP contribution in [-0.2, 0) is 0 Å². The highest BCUT2D eigenvalue weighted by Crippen LogP contribution is 2.59. The van der Waals surface area contributed by atoms with Crippen LogP contribution in [0.25, 0.3) is 72.2 Å². The van der Waals surface area contributed by atoms with Gasteiger partial charge in [0.2, 0.25) is 0 Å². The smallest absolute Gasteiger partial charge is 0.162 e. The van der Waals surface area contributed by atoms with Crippen LogP contribution in [-0.4, -0.2) is 14.5 Å². The van der Waals surface area contributed by atoms with Gasteiger partial charge in [-0.3, -0.25) is 4.57 Å². The average Bonchev–Trinajstić information content (AvgIpc) is 3.41. The van der Waals surface area contributed by atoms with E-state index in [0.29, 0.717) is 5.82 Å². The molecule has 49 heavy (non-hydrogen) atoms. The standard InChI is InChI=1S/C44H26N4O/c1-2-13-27(14-3-1)43-45-35-21-9-6-19-33(35)44(46-43)48-37-23-11-8-18-31(37)34-25-41-39(26-38(34)48)47-36-22-10-7-17-30(36)28-15-4-5-16-29(28)32-20-12-24-40(49-41)42(32)47/h1-26H. The molecule has 0 saturated carbocycles. The molecule has 7 aromatic carbocycles. The minimum absolute atomic E-state index is 0.694. The lowest BCUT2D eigenvalue weighted by molar-refractivity contribution is 0.478. The molecule has 5 heteroatoms. The summed E-state index contributed by atoms with van der Waals surface area (Å²) in [6.45, 7) is 0. The largest absolute Gasteiger partial charge is 0.453 e. The highest BCUT2D eigenvalue weighted by molar-refractivity contribution is 6.14. The third-order valence-electron chi connectivity index (χ3n) is 9.92. The summed E-state index contributed by atoms with van der Waals surface area (Å²) in [6, 6.07) is 55.3. The molecule has 0 unspecified atom stereocenters. The van der Waals surface area contributed by atoms with Crippen LogP contribution >= 0.6 is 0 Å². The second kappa shape index (κ2) is 9.89. The van der Waals surface area contributed by atoms with Crippen molar-refractivity contribution in [2.75, 3.05) is 4.90 Å². The van der Waals surface area contributed by atoms with Crippen molar-refractivity contribution in [3.8, 4) is 51.0 Å². The van der Waals surface area contributed by atoms with Gasteiger partial charge in [-0.2, -0.15) is 0 Å². The lowest BCUT2D eigenvalue weighted by Crippen LogP contribution is -2.16. The number of nitrogens with zero attached hydrogens (tertiary/aromatic N) is 4. The van der Waals surface area contributed by atoms with Crippen molar-refractivity contribution in [2.24, 2.45) is 0 Å². The van der Waals surface area contributed by atoms with Crippen molar-refractivity contribution in [2.45, 2.75) is 0 Å². The van der Waals surface area contributed by atoms with E-state index in [-0.39, 0.29) is 0 Å². The Bertz CT molecular complexity index is 2820. The molecule has 0 atom stereocenters. The van der Waals surface area contributed by atoms with E-state index in [0.717, 1.165) is 78.2 Å². The predicted molar refractivity (Wildman–Crippen MR) is 198 cm³/mol. The number of fused-ring (bicyclic) bond motifs is 11. The van der Waals surface area contributed by atoms with Crippen molar-refractivity contribution < 1.29 is 4.74 Å². The van der Waals surface area contributed by atoms with Gasteiger partial charge < -0.3 is 9.64 Å². The number of para-hydroxylation sites is 4. The molecule has 11 rings (SSSR count). The Morgan fingerprint density at radius 3 is 2.02 bits per heavy atom. The second-order valence-corrected chi connectivity index (χ2v) is 12.6. The van der Waals surface area contributed by atoms with E-state index in [1.165, 1.54) is 16.7 Å². The number of hydrogen-bond donors (Lipinski definition) is 0. The summed E-state index contributed by atoms with van der Waals surface area (Å²) in [5, 5.41) is 3.22. The monoisotopic (exact) mass is 626 g/mol. The van der Waals surface area contributed by atoms with Gasteiger partial charge in [0.1, 0.15) is 5.82 Å². The van der Waals surface area contributed by atoms with Crippen LogP contribution in [0.4, 0.5) is 17.1 Å². The van der Waals surface area contributed by atoms with E-state index in [4.69, 9.17) is 14.7 Å². The Labute approximate surface area is 281 Å². The van der Waals surface area contributed by atoms with Crippen molar-refractivity contribution in [1.29, 1.82) is 0 Å². The summed E-state index contributed by atoms with van der Waals surface area (Å²) < 4.78 is 9.16. The zero-order valence-corrected chi connectivity index (χ0v) is 26.2. The Hall–Kier alpha value is -6.72. The SMILES string of the molecule is c1ccc(-c2nc(-n3c4ccccc4c4cc5c(cc43)N3c4ccccc4-c4ccccc4-c4cccc(c43)O5)c3ccccc3n2)cc1. The normalized spacial score (nSPS) is 12.6. The first-order chi connectivity index (χ1) is 24.3. The molecular formula is C44H26N4O. The summed E-state index contributed by atoms with van der Waals surface area (Å²) in [6.07, 6.45) is 0. The summed E-state index contributed by atoms with van der Waals surface area (Å²) in [4.78, 5) is 12.7. The minimum Gasteiger partial charge on any atom is -0.453 e. The van der Waals surface area contributed by atoms with E-state index < -0.39 is 0 Å². The van der Waals surface area contributed by atoms with Gasteiger partial charge in [-0.1, -0.05) is 115 Å². The second-order valence-electron chi connectivity index (χ2n) is 12.6. The number of rotatable bonds is 2. The minimum atomic E-state index is 0.694. The maximum atomic E-state index is 6.85.